The molecular formula is C29H33FO3S2Si. The predicted molar refractivity (Wildman–Crippen MR) is 151 cm³/mol. The second-order valence-electron chi connectivity index (χ2n) is 10.0. The fourth-order valence-corrected chi connectivity index (χ4v) is 12.7. The molecule has 0 amide bonds. The third kappa shape index (κ3) is 6.07. The van der Waals surface area contributed by atoms with E-state index in [1.54, 1.807) is 23.5 Å². The fourth-order valence-electron chi connectivity index (χ4n) is 4.81. The molecule has 0 N–H and O–H groups in total. The molecule has 3 aromatic rings. The normalized spacial score (nSPS) is 20.3. The minimum atomic E-state index is -2.75. The molecule has 7 heteroatoms. The first-order valence-corrected chi connectivity index (χ1v) is 15.9. The number of carbonyl (C=O) groups is 1. The monoisotopic (exact) mass is 540 g/mol. The quantitative estimate of drug-likeness (QED) is 0.249. The van der Waals surface area contributed by atoms with Crippen LogP contribution in [0.2, 0.25) is 5.04 Å². The molecule has 1 unspecified atom stereocenters. The van der Waals surface area contributed by atoms with Crippen LogP contribution in [0.5, 0.6) is 0 Å². The van der Waals surface area contributed by atoms with Gasteiger partial charge in [-0.15, -0.1) is 23.5 Å². The Morgan fingerprint density at radius 1 is 0.972 bits per heavy atom. The minimum absolute atomic E-state index is 0.00787. The Labute approximate surface area is 223 Å². The third-order valence-electron chi connectivity index (χ3n) is 6.44. The molecule has 0 radical (unpaired) electrons. The van der Waals surface area contributed by atoms with Crippen molar-refractivity contribution in [1.82, 2.24) is 0 Å². The second-order valence-corrected chi connectivity index (χ2v) is 17.3. The van der Waals surface area contributed by atoms with Gasteiger partial charge in [-0.1, -0.05) is 81.4 Å². The Balaban J connectivity index is 1.71. The molecule has 1 saturated heterocycles. The molecule has 4 rings (SSSR count). The van der Waals surface area contributed by atoms with Gasteiger partial charge in [0.15, 0.2) is 0 Å². The average molecular weight is 541 g/mol. The van der Waals surface area contributed by atoms with Crippen LogP contribution in [0.25, 0.3) is 0 Å². The number of esters is 1. The lowest BCUT2D eigenvalue weighted by atomic mass is 10.2. The first-order chi connectivity index (χ1) is 17.2. The first kappa shape index (κ1) is 27.0. The molecule has 1 heterocycles. The molecule has 0 aromatic heterocycles. The lowest BCUT2D eigenvalue weighted by molar-refractivity contribution is -0.141. The highest BCUT2D eigenvalue weighted by molar-refractivity contribution is 8.17. The van der Waals surface area contributed by atoms with Gasteiger partial charge in [-0.25, -0.2) is 4.39 Å². The van der Waals surface area contributed by atoms with Crippen molar-refractivity contribution in [2.75, 3.05) is 6.61 Å². The van der Waals surface area contributed by atoms with Crippen molar-refractivity contribution in [2.24, 2.45) is 0 Å². The zero-order valence-corrected chi connectivity index (χ0v) is 23.8. The van der Waals surface area contributed by atoms with Gasteiger partial charge in [-0.05, 0) is 46.1 Å². The summed E-state index contributed by atoms with van der Waals surface area (Å²) in [4.78, 5) is 12.7. The molecular weight excluding hydrogens is 508 g/mol. The molecule has 1 aliphatic heterocycles. The molecule has 0 spiro atoms. The number of rotatable bonds is 8. The molecule has 0 bridgehead atoms. The molecule has 1 fully saturated rings. The number of hydrogen-bond acceptors (Lipinski definition) is 5. The molecule has 0 saturated carbocycles. The van der Waals surface area contributed by atoms with Gasteiger partial charge in [0.25, 0.3) is 8.32 Å². The maximum atomic E-state index is 13.4. The van der Waals surface area contributed by atoms with Crippen LogP contribution < -0.4 is 10.4 Å². The van der Waals surface area contributed by atoms with Gasteiger partial charge in [-0.3, -0.25) is 4.79 Å². The molecule has 190 valence electrons. The Bertz CT molecular complexity index is 1100. The number of ether oxygens (including phenoxy) is 1. The van der Waals surface area contributed by atoms with E-state index in [9.17, 15) is 9.18 Å². The lowest BCUT2D eigenvalue weighted by Gasteiger charge is -2.45. The minimum Gasteiger partial charge on any atom is -0.465 e. The lowest BCUT2D eigenvalue weighted by Crippen LogP contribution is -2.68. The van der Waals surface area contributed by atoms with E-state index in [0.717, 1.165) is 11.3 Å². The van der Waals surface area contributed by atoms with Crippen LogP contribution in [0.3, 0.4) is 0 Å². The summed E-state index contributed by atoms with van der Waals surface area (Å²) < 4.78 is 26.6. The largest absolute Gasteiger partial charge is 0.465 e. The van der Waals surface area contributed by atoms with E-state index in [2.05, 4.69) is 69.3 Å². The Hall–Kier alpha value is -2.06. The van der Waals surface area contributed by atoms with Gasteiger partial charge in [0.1, 0.15) is 12.4 Å². The van der Waals surface area contributed by atoms with E-state index >= 15 is 0 Å². The van der Waals surface area contributed by atoms with Crippen molar-refractivity contribution in [3.8, 4) is 0 Å². The maximum Gasteiger partial charge on any atom is 0.302 e. The molecule has 1 aliphatic rings. The number of halogens is 1. The van der Waals surface area contributed by atoms with E-state index in [1.165, 1.54) is 29.4 Å². The highest BCUT2D eigenvalue weighted by Gasteiger charge is 2.53. The van der Waals surface area contributed by atoms with Crippen molar-refractivity contribution < 1.29 is 18.3 Å². The molecule has 3 nitrogen and oxygen atoms in total. The van der Waals surface area contributed by atoms with Crippen LogP contribution in [0.4, 0.5) is 4.39 Å². The van der Waals surface area contributed by atoms with Crippen LogP contribution in [0, 0.1) is 5.82 Å². The third-order valence-corrected chi connectivity index (χ3v) is 14.4. The predicted octanol–water partition coefficient (Wildman–Crippen LogP) is 6.26. The van der Waals surface area contributed by atoms with Gasteiger partial charge in [-0.2, -0.15) is 0 Å². The van der Waals surface area contributed by atoms with E-state index < -0.39 is 8.32 Å². The summed E-state index contributed by atoms with van der Waals surface area (Å²) in [5.41, 5.74) is 0. The van der Waals surface area contributed by atoms with Crippen molar-refractivity contribution in [3.63, 3.8) is 0 Å². The SMILES string of the molecule is CC(=O)OC[C@H]1SC(Sc2ccc(F)cc2)C[C@@H]1O[Si](c1ccccc1)(c1ccccc1)C(C)(C)C. The molecule has 36 heavy (non-hydrogen) atoms. The summed E-state index contributed by atoms with van der Waals surface area (Å²) in [7, 11) is -2.75. The van der Waals surface area contributed by atoms with Crippen molar-refractivity contribution >= 4 is 48.2 Å². The van der Waals surface area contributed by atoms with E-state index in [4.69, 9.17) is 9.16 Å². The summed E-state index contributed by atoms with van der Waals surface area (Å²) in [6.07, 6.45) is 0.710. The zero-order valence-electron chi connectivity index (χ0n) is 21.1. The van der Waals surface area contributed by atoms with E-state index in [0.29, 0.717) is 6.61 Å². The molecule has 0 aliphatic carbocycles. The standard InChI is InChI=1S/C29H33FO3S2Si/c1-21(31)32-20-27-26(19-28(35-27)34-23-17-15-22(30)16-18-23)33-36(29(2,3)4,24-11-7-5-8-12-24)25-13-9-6-10-14-25/h5-18,26-28H,19-20H2,1-4H3/t26-,27+,28?/m0/s1. The van der Waals surface area contributed by atoms with Crippen LogP contribution in [-0.4, -0.2) is 36.8 Å². The molecule has 3 atom stereocenters. The summed E-state index contributed by atoms with van der Waals surface area (Å²) in [6, 6.07) is 27.8. The zero-order chi connectivity index (χ0) is 25.8. The fraction of sp³-hybridized carbons (Fsp3) is 0.345. The number of carbonyl (C=O) groups excluding carboxylic acids is 1. The second kappa shape index (κ2) is 11.5. The van der Waals surface area contributed by atoms with Gasteiger partial charge in [0.05, 0.1) is 15.9 Å². The topological polar surface area (TPSA) is 35.5 Å². The first-order valence-electron chi connectivity index (χ1n) is 12.2. The van der Waals surface area contributed by atoms with Crippen molar-refractivity contribution in [1.29, 1.82) is 0 Å². The van der Waals surface area contributed by atoms with Crippen molar-refractivity contribution in [2.45, 2.75) is 60.0 Å². The summed E-state index contributed by atoms with van der Waals surface area (Å²) >= 11 is 3.51. The van der Waals surface area contributed by atoms with Gasteiger partial charge in [0.2, 0.25) is 0 Å². The number of benzene rings is 3. The Morgan fingerprint density at radius 2 is 1.53 bits per heavy atom. The summed E-state index contributed by atoms with van der Waals surface area (Å²) in [6.45, 7) is 8.57. The highest BCUT2D eigenvalue weighted by Crippen LogP contribution is 2.47. The van der Waals surface area contributed by atoms with E-state index in [1.807, 2.05) is 24.3 Å². The smallest absolute Gasteiger partial charge is 0.302 e. The average Bonchev–Trinajstić information content (AvgIpc) is 3.23. The van der Waals surface area contributed by atoms with Crippen molar-refractivity contribution in [3.05, 3.63) is 90.7 Å². The summed E-state index contributed by atoms with van der Waals surface area (Å²) in [5, 5.41) is 2.33. The van der Waals surface area contributed by atoms with Crippen LogP contribution in [-0.2, 0) is 14.0 Å². The summed E-state index contributed by atoms with van der Waals surface area (Å²) in [5.74, 6) is -0.520. The number of hydrogen-bond donors (Lipinski definition) is 0. The highest BCUT2D eigenvalue weighted by atomic mass is 32.2. The van der Waals surface area contributed by atoms with Gasteiger partial charge >= 0.3 is 5.97 Å². The number of thioether (sulfide) groups is 2. The van der Waals surface area contributed by atoms with Crippen LogP contribution in [0.1, 0.15) is 34.1 Å². The Morgan fingerprint density at radius 3 is 2.03 bits per heavy atom. The van der Waals surface area contributed by atoms with E-state index in [-0.39, 0.29) is 32.8 Å². The van der Waals surface area contributed by atoms with Gasteiger partial charge < -0.3 is 9.16 Å². The van der Waals surface area contributed by atoms with Crippen LogP contribution in [0.15, 0.2) is 89.8 Å². The Kier molecular flexibility index (Phi) is 8.66. The maximum absolute atomic E-state index is 13.4. The van der Waals surface area contributed by atoms with Gasteiger partial charge in [0, 0.05) is 11.8 Å². The molecule has 3 aromatic carbocycles. The van der Waals surface area contributed by atoms with Crippen LogP contribution >= 0.6 is 23.5 Å².